The van der Waals surface area contributed by atoms with E-state index in [-0.39, 0.29) is 0 Å². The van der Waals surface area contributed by atoms with Crippen LogP contribution < -0.4 is 0 Å². The van der Waals surface area contributed by atoms with Crippen LogP contribution in [0.4, 0.5) is 0 Å². The second kappa shape index (κ2) is 14.7. The van der Waals surface area contributed by atoms with Gasteiger partial charge in [-0.15, -0.1) is 0 Å². The van der Waals surface area contributed by atoms with Crippen LogP contribution in [0.25, 0.3) is 0 Å². The summed E-state index contributed by atoms with van der Waals surface area (Å²) in [7, 11) is 0. The molecule has 0 bridgehead atoms. The Labute approximate surface area is 215 Å². The third-order valence-corrected chi connectivity index (χ3v) is 11.7. The van der Waals surface area contributed by atoms with Crippen molar-refractivity contribution < 1.29 is 0 Å². The predicted octanol–water partition coefficient (Wildman–Crippen LogP) is 11.7. The first-order chi connectivity index (χ1) is 16.9. The van der Waals surface area contributed by atoms with E-state index in [9.17, 15) is 0 Å². The summed E-state index contributed by atoms with van der Waals surface area (Å²) in [6, 6.07) is 0. The fourth-order valence-corrected chi connectivity index (χ4v) is 10.3. The molecule has 0 radical (unpaired) electrons. The Morgan fingerprint density at radius 3 is 1.29 bits per heavy atom. The van der Waals surface area contributed by atoms with E-state index in [0.717, 1.165) is 35.0 Å². The summed E-state index contributed by atoms with van der Waals surface area (Å²) in [6.45, 7) is 2.37. The molecule has 0 aromatic heterocycles. The van der Waals surface area contributed by atoms with E-state index >= 15 is 0 Å². The second-order valence-electron chi connectivity index (χ2n) is 13.6. The lowest BCUT2D eigenvalue weighted by molar-refractivity contribution is -0.122. The average Bonchev–Trinajstić information content (AvgIpc) is 2.92. The minimum absolute atomic E-state index is 0.729. The zero-order valence-electron chi connectivity index (χ0n) is 23.5. The van der Waals surface area contributed by atoms with Crippen LogP contribution in [0, 0.1) is 35.0 Å². The standard InChI is InChI=1S/C34H62/c1-2-3-4-5-6-19-28-33(29-20-11-7-12-21-29)34(30-22-13-8-14-23-30,31-24-15-9-16-25-31)32-26-17-10-18-27-32/h29-33H,2-28H2,1H3. The molecule has 1 unspecified atom stereocenters. The molecule has 0 aliphatic heterocycles. The van der Waals surface area contributed by atoms with Crippen LogP contribution in [0.3, 0.4) is 0 Å². The van der Waals surface area contributed by atoms with Gasteiger partial charge in [0.2, 0.25) is 0 Å². The van der Waals surface area contributed by atoms with Crippen LogP contribution in [-0.2, 0) is 0 Å². The van der Waals surface area contributed by atoms with Crippen LogP contribution in [0.15, 0.2) is 0 Å². The molecule has 4 aliphatic carbocycles. The van der Waals surface area contributed by atoms with Crippen molar-refractivity contribution >= 4 is 0 Å². The number of rotatable bonds is 12. The van der Waals surface area contributed by atoms with Gasteiger partial charge in [-0.3, -0.25) is 0 Å². The SMILES string of the molecule is CCCCCCCCC(C1CCCCC1)C(C1CCCCC1)(C1CCCCC1)C1CCCCC1. The molecule has 0 amide bonds. The zero-order chi connectivity index (χ0) is 23.5. The molecule has 34 heavy (non-hydrogen) atoms. The lowest BCUT2D eigenvalue weighted by Crippen LogP contribution is -2.54. The van der Waals surface area contributed by atoms with Crippen LogP contribution in [0.1, 0.15) is 180 Å². The highest BCUT2D eigenvalue weighted by molar-refractivity contribution is 5.04. The van der Waals surface area contributed by atoms with E-state index in [2.05, 4.69) is 6.92 Å². The molecule has 0 saturated heterocycles. The van der Waals surface area contributed by atoms with E-state index in [1.165, 1.54) is 57.8 Å². The van der Waals surface area contributed by atoms with Crippen LogP contribution in [0.5, 0.6) is 0 Å². The molecule has 0 heterocycles. The molecule has 0 aromatic rings. The summed E-state index contributed by atoms with van der Waals surface area (Å²) in [6.07, 6.45) is 41.9. The summed E-state index contributed by atoms with van der Waals surface area (Å²) in [4.78, 5) is 0. The molecule has 0 N–H and O–H groups in total. The van der Waals surface area contributed by atoms with E-state index in [1.54, 1.807) is 116 Å². The van der Waals surface area contributed by atoms with Gasteiger partial charge in [0.15, 0.2) is 0 Å². The molecular weight excluding hydrogens is 408 g/mol. The molecule has 1 atom stereocenters. The smallest absolute Gasteiger partial charge is 0.0182 e. The fourth-order valence-electron chi connectivity index (χ4n) is 10.3. The quantitative estimate of drug-likeness (QED) is 0.249. The van der Waals surface area contributed by atoms with Crippen molar-refractivity contribution in [1.29, 1.82) is 0 Å². The van der Waals surface area contributed by atoms with Crippen molar-refractivity contribution in [3.63, 3.8) is 0 Å². The number of hydrogen-bond acceptors (Lipinski definition) is 0. The van der Waals surface area contributed by atoms with Gasteiger partial charge in [0, 0.05) is 0 Å². The summed E-state index contributed by atoms with van der Waals surface area (Å²) in [5, 5.41) is 0. The number of unbranched alkanes of at least 4 members (excludes halogenated alkanes) is 5. The first-order valence-corrected chi connectivity index (χ1v) is 16.9. The Morgan fingerprint density at radius 1 is 0.471 bits per heavy atom. The Bertz CT molecular complexity index is 465. The van der Waals surface area contributed by atoms with Crippen molar-refractivity contribution in [2.75, 3.05) is 0 Å². The maximum Gasteiger partial charge on any atom is -0.0182 e. The molecule has 4 rings (SSSR count). The third kappa shape index (κ3) is 6.65. The molecule has 4 fully saturated rings. The molecule has 4 saturated carbocycles. The van der Waals surface area contributed by atoms with E-state index in [1.807, 2.05) is 0 Å². The van der Waals surface area contributed by atoms with Crippen molar-refractivity contribution in [3.05, 3.63) is 0 Å². The fraction of sp³-hybridized carbons (Fsp3) is 1.00. The van der Waals surface area contributed by atoms with Gasteiger partial charge >= 0.3 is 0 Å². The Hall–Kier alpha value is 0. The molecule has 0 heteroatoms. The van der Waals surface area contributed by atoms with Crippen molar-refractivity contribution in [2.24, 2.45) is 35.0 Å². The van der Waals surface area contributed by atoms with Gasteiger partial charge < -0.3 is 0 Å². The summed E-state index contributed by atoms with van der Waals surface area (Å²) in [5.41, 5.74) is 0.729. The van der Waals surface area contributed by atoms with Gasteiger partial charge in [-0.1, -0.05) is 135 Å². The van der Waals surface area contributed by atoms with Gasteiger partial charge in [-0.25, -0.2) is 0 Å². The number of hydrogen-bond donors (Lipinski definition) is 0. The molecule has 4 aliphatic rings. The van der Waals surface area contributed by atoms with Crippen LogP contribution >= 0.6 is 0 Å². The van der Waals surface area contributed by atoms with E-state index in [0.29, 0.717) is 0 Å². The Morgan fingerprint density at radius 2 is 0.853 bits per heavy atom. The van der Waals surface area contributed by atoms with Gasteiger partial charge in [-0.2, -0.15) is 0 Å². The lowest BCUT2D eigenvalue weighted by Gasteiger charge is -2.61. The summed E-state index contributed by atoms with van der Waals surface area (Å²) >= 11 is 0. The average molecular weight is 471 g/mol. The topological polar surface area (TPSA) is 0 Å². The second-order valence-corrected chi connectivity index (χ2v) is 13.6. The molecule has 0 aromatic carbocycles. The zero-order valence-corrected chi connectivity index (χ0v) is 23.5. The first-order valence-electron chi connectivity index (χ1n) is 16.9. The largest absolute Gasteiger partial charge is 0.0654 e. The highest BCUT2D eigenvalue weighted by atomic mass is 14.6. The van der Waals surface area contributed by atoms with Crippen molar-refractivity contribution in [2.45, 2.75) is 180 Å². The van der Waals surface area contributed by atoms with E-state index in [4.69, 9.17) is 0 Å². The normalized spacial score (nSPS) is 26.0. The summed E-state index contributed by atoms with van der Waals surface area (Å²) in [5.74, 6) is 5.40. The monoisotopic (exact) mass is 470 g/mol. The highest BCUT2D eigenvalue weighted by Crippen LogP contribution is 2.64. The molecular formula is C34H62. The minimum atomic E-state index is 0.729. The van der Waals surface area contributed by atoms with Gasteiger partial charge in [-0.05, 0) is 80.0 Å². The van der Waals surface area contributed by atoms with Gasteiger partial charge in [0.25, 0.3) is 0 Å². The molecule has 0 spiro atoms. The predicted molar refractivity (Wildman–Crippen MR) is 150 cm³/mol. The van der Waals surface area contributed by atoms with Crippen LogP contribution in [-0.4, -0.2) is 0 Å². The summed E-state index contributed by atoms with van der Waals surface area (Å²) < 4.78 is 0. The maximum absolute atomic E-state index is 2.37. The van der Waals surface area contributed by atoms with Crippen LogP contribution in [0.2, 0.25) is 0 Å². The Kier molecular flexibility index (Phi) is 11.7. The van der Waals surface area contributed by atoms with E-state index < -0.39 is 0 Å². The van der Waals surface area contributed by atoms with Gasteiger partial charge in [0.05, 0.1) is 0 Å². The molecule has 198 valence electrons. The molecule has 0 nitrogen and oxygen atoms in total. The van der Waals surface area contributed by atoms with Crippen molar-refractivity contribution in [1.82, 2.24) is 0 Å². The van der Waals surface area contributed by atoms with Gasteiger partial charge in [0.1, 0.15) is 0 Å². The maximum atomic E-state index is 2.37. The minimum Gasteiger partial charge on any atom is -0.0654 e. The first kappa shape index (κ1) is 27.0. The highest BCUT2D eigenvalue weighted by Gasteiger charge is 2.56. The van der Waals surface area contributed by atoms with Crippen molar-refractivity contribution in [3.8, 4) is 0 Å². The lowest BCUT2D eigenvalue weighted by atomic mass is 9.44. The third-order valence-electron chi connectivity index (χ3n) is 11.7. The Balaban J connectivity index is 1.65.